The Labute approximate surface area is 182 Å². The Morgan fingerprint density at radius 2 is 2.06 bits per heavy atom. The van der Waals surface area contributed by atoms with Crippen LogP contribution in [0.3, 0.4) is 0 Å². The first-order chi connectivity index (χ1) is 15.4. The van der Waals surface area contributed by atoms with Crippen molar-refractivity contribution in [2.24, 2.45) is 0 Å². The number of hydrogen-bond acceptors (Lipinski definition) is 5. The molecule has 2 aliphatic heterocycles. The number of nitrogens with zero attached hydrogens (tertiary/aromatic N) is 2. The predicted octanol–water partition coefficient (Wildman–Crippen LogP) is 2.77. The van der Waals surface area contributed by atoms with Crippen molar-refractivity contribution < 1.29 is 18.7 Å². The number of cyclic esters (lactones) is 1. The second-order valence-corrected chi connectivity index (χ2v) is 8.77. The van der Waals surface area contributed by atoms with Gasteiger partial charge in [0.2, 0.25) is 6.41 Å². The van der Waals surface area contributed by atoms with Crippen LogP contribution in [0, 0.1) is 12.7 Å². The lowest BCUT2D eigenvalue weighted by molar-refractivity contribution is -0.147. The number of hydrogen-bond donors (Lipinski definition) is 1. The molecule has 1 N–H and O–H groups in total. The van der Waals surface area contributed by atoms with Crippen molar-refractivity contribution in [2.75, 3.05) is 0 Å². The summed E-state index contributed by atoms with van der Waals surface area (Å²) in [6, 6.07) is 3.03. The summed E-state index contributed by atoms with van der Waals surface area (Å²) in [5, 5.41) is 3.77. The van der Waals surface area contributed by atoms with E-state index in [9.17, 15) is 18.8 Å². The van der Waals surface area contributed by atoms with Gasteiger partial charge in [-0.3, -0.25) is 14.4 Å². The van der Waals surface area contributed by atoms with Crippen molar-refractivity contribution >= 4 is 23.3 Å². The van der Waals surface area contributed by atoms with Crippen LogP contribution in [0.1, 0.15) is 58.7 Å². The molecular weight excluding hydrogens is 413 g/mol. The van der Waals surface area contributed by atoms with E-state index in [0.717, 1.165) is 22.1 Å². The molecule has 7 nitrogen and oxygen atoms in total. The van der Waals surface area contributed by atoms with Gasteiger partial charge >= 0.3 is 5.97 Å². The van der Waals surface area contributed by atoms with E-state index in [1.807, 2.05) is 6.07 Å². The van der Waals surface area contributed by atoms with E-state index in [0.29, 0.717) is 59.4 Å². The molecule has 0 bridgehead atoms. The second-order valence-electron chi connectivity index (χ2n) is 8.77. The fourth-order valence-electron chi connectivity index (χ4n) is 5.54. The van der Waals surface area contributed by atoms with Crippen LogP contribution in [0.25, 0.3) is 22.3 Å². The third-order valence-electron chi connectivity index (χ3n) is 7.22. The van der Waals surface area contributed by atoms with Crippen molar-refractivity contribution in [3.63, 3.8) is 0 Å². The number of nitrogens with one attached hydrogen (secondary N) is 1. The van der Waals surface area contributed by atoms with Crippen LogP contribution in [-0.2, 0) is 33.9 Å². The molecule has 1 amide bonds. The monoisotopic (exact) mass is 433 g/mol. The van der Waals surface area contributed by atoms with Crippen molar-refractivity contribution in [3.8, 4) is 11.4 Å². The lowest BCUT2D eigenvalue weighted by Crippen LogP contribution is -2.31. The zero-order valence-electron chi connectivity index (χ0n) is 17.6. The van der Waals surface area contributed by atoms with Gasteiger partial charge in [0.05, 0.1) is 41.0 Å². The Morgan fingerprint density at radius 1 is 1.25 bits per heavy atom. The first kappa shape index (κ1) is 19.2. The highest BCUT2D eigenvalue weighted by molar-refractivity contribution is 5.93. The van der Waals surface area contributed by atoms with Gasteiger partial charge in [-0.1, -0.05) is 0 Å². The van der Waals surface area contributed by atoms with Gasteiger partial charge in [-0.15, -0.1) is 0 Å². The molecule has 4 heterocycles. The summed E-state index contributed by atoms with van der Waals surface area (Å²) in [5.41, 5.74) is 5.93. The molecule has 0 fully saturated rings. The Hall–Kier alpha value is -3.55. The number of carbonyl (C=O) groups is 2. The van der Waals surface area contributed by atoms with Crippen molar-refractivity contribution in [1.29, 1.82) is 0 Å². The standard InChI is InChI=1S/C24H20FN3O4/c1-10-12-3-4-17(26-9-29)21-14-7-28-19(22(14)27-18(20(12)21)6-16(10)25)5-13-11(2)24(31)32-8-15(13)23(28)30/h5-6,9,11,17H,3-4,7-8H2,1-2H3,(H,26,29). The zero-order valence-corrected chi connectivity index (χ0v) is 17.6. The summed E-state index contributed by atoms with van der Waals surface area (Å²) in [4.78, 5) is 41.6. The molecular formula is C24H20FN3O4. The molecule has 0 saturated heterocycles. The van der Waals surface area contributed by atoms with E-state index in [-0.39, 0.29) is 30.0 Å². The Morgan fingerprint density at radius 3 is 2.84 bits per heavy atom. The summed E-state index contributed by atoms with van der Waals surface area (Å²) in [6.07, 6.45) is 1.96. The van der Waals surface area contributed by atoms with Crippen LogP contribution in [0.4, 0.5) is 4.39 Å². The molecule has 0 spiro atoms. The van der Waals surface area contributed by atoms with Crippen molar-refractivity contribution in [3.05, 3.63) is 61.7 Å². The van der Waals surface area contributed by atoms with E-state index in [1.54, 1.807) is 18.4 Å². The number of benzene rings is 1. The largest absolute Gasteiger partial charge is 0.460 e. The van der Waals surface area contributed by atoms with Crippen molar-refractivity contribution in [1.82, 2.24) is 14.9 Å². The fourth-order valence-corrected chi connectivity index (χ4v) is 5.54. The third-order valence-corrected chi connectivity index (χ3v) is 7.22. The number of ether oxygens (including phenoxy) is 1. The van der Waals surface area contributed by atoms with Gasteiger partial charge in [0.15, 0.2) is 0 Å². The molecule has 32 heavy (non-hydrogen) atoms. The van der Waals surface area contributed by atoms with Crippen LogP contribution < -0.4 is 10.9 Å². The summed E-state index contributed by atoms with van der Waals surface area (Å²) < 4.78 is 21.5. The van der Waals surface area contributed by atoms with E-state index in [4.69, 9.17) is 9.72 Å². The highest BCUT2D eigenvalue weighted by Gasteiger charge is 2.36. The maximum absolute atomic E-state index is 14.7. The molecule has 0 radical (unpaired) electrons. The third kappa shape index (κ3) is 2.35. The maximum atomic E-state index is 14.7. The molecule has 2 aromatic heterocycles. The van der Waals surface area contributed by atoms with E-state index < -0.39 is 5.92 Å². The number of pyridine rings is 2. The lowest BCUT2D eigenvalue weighted by atomic mass is 9.82. The normalized spacial score (nSPS) is 20.4. The van der Waals surface area contributed by atoms with Gasteiger partial charge in [-0.2, -0.15) is 0 Å². The molecule has 162 valence electrons. The Kier molecular flexibility index (Phi) is 3.88. The van der Waals surface area contributed by atoms with Gasteiger partial charge in [-0.25, -0.2) is 9.37 Å². The molecule has 2 unspecified atom stereocenters. The number of esters is 1. The number of aromatic nitrogens is 2. The molecule has 0 saturated carbocycles. The molecule has 3 aliphatic rings. The van der Waals surface area contributed by atoms with Crippen LogP contribution in [-0.4, -0.2) is 21.9 Å². The van der Waals surface area contributed by atoms with E-state index in [1.165, 1.54) is 6.07 Å². The van der Waals surface area contributed by atoms with Gasteiger partial charge in [0.25, 0.3) is 5.56 Å². The zero-order chi connectivity index (χ0) is 22.3. The molecule has 6 rings (SSSR count). The molecule has 1 aromatic carbocycles. The molecule has 2 atom stereocenters. The maximum Gasteiger partial charge on any atom is 0.313 e. The minimum Gasteiger partial charge on any atom is -0.460 e. The summed E-state index contributed by atoms with van der Waals surface area (Å²) in [5.74, 6) is -1.22. The number of halogens is 1. The summed E-state index contributed by atoms with van der Waals surface area (Å²) in [7, 11) is 0. The second kappa shape index (κ2) is 6.48. The minimum absolute atomic E-state index is 0.0416. The Bertz CT molecular complexity index is 1440. The fraction of sp³-hybridized carbons (Fsp3) is 0.333. The quantitative estimate of drug-likeness (QED) is 0.388. The lowest BCUT2D eigenvalue weighted by Gasteiger charge is -2.28. The number of fused-ring (bicyclic) bond motifs is 5. The SMILES string of the molecule is Cc1c(F)cc2nc3c(c4c2c1CCC4NC=O)Cn1c-3cc2c(c1=O)COC(=O)C2C. The van der Waals surface area contributed by atoms with Gasteiger partial charge in [0, 0.05) is 17.0 Å². The number of aryl methyl sites for hydroxylation is 1. The molecule has 3 aromatic rings. The first-order valence-electron chi connectivity index (χ1n) is 10.7. The van der Waals surface area contributed by atoms with Gasteiger partial charge in [-0.05, 0) is 55.0 Å². The van der Waals surface area contributed by atoms with E-state index >= 15 is 0 Å². The van der Waals surface area contributed by atoms with Crippen molar-refractivity contribution in [2.45, 2.75) is 51.8 Å². The molecule has 8 heteroatoms. The number of rotatable bonds is 2. The predicted molar refractivity (Wildman–Crippen MR) is 114 cm³/mol. The topological polar surface area (TPSA) is 90.3 Å². The van der Waals surface area contributed by atoms with Crippen LogP contribution >= 0.6 is 0 Å². The van der Waals surface area contributed by atoms with E-state index in [2.05, 4.69) is 5.32 Å². The average molecular weight is 433 g/mol. The number of amides is 1. The minimum atomic E-state index is -0.545. The summed E-state index contributed by atoms with van der Waals surface area (Å²) >= 11 is 0. The van der Waals surface area contributed by atoms with Crippen LogP contribution in [0.5, 0.6) is 0 Å². The highest BCUT2D eigenvalue weighted by Crippen LogP contribution is 2.45. The molecule has 1 aliphatic carbocycles. The number of carbonyl (C=O) groups excluding carboxylic acids is 2. The van der Waals surface area contributed by atoms with Crippen LogP contribution in [0.15, 0.2) is 16.9 Å². The van der Waals surface area contributed by atoms with Crippen LogP contribution in [0.2, 0.25) is 0 Å². The summed E-state index contributed by atoms with van der Waals surface area (Å²) in [6.45, 7) is 3.75. The van der Waals surface area contributed by atoms with Gasteiger partial charge in [0.1, 0.15) is 12.4 Å². The van der Waals surface area contributed by atoms with Gasteiger partial charge < -0.3 is 14.6 Å². The highest BCUT2D eigenvalue weighted by atomic mass is 19.1. The first-order valence-corrected chi connectivity index (χ1v) is 10.7. The Balaban J connectivity index is 1.69. The smallest absolute Gasteiger partial charge is 0.313 e. The average Bonchev–Trinajstić information content (AvgIpc) is 3.14.